The first-order valence-electron chi connectivity index (χ1n) is 12.0. The van der Waals surface area contributed by atoms with Crippen molar-refractivity contribution in [3.8, 4) is 5.75 Å². The first kappa shape index (κ1) is 26.3. The summed E-state index contributed by atoms with van der Waals surface area (Å²) in [6.45, 7) is 6.00. The predicted molar refractivity (Wildman–Crippen MR) is 141 cm³/mol. The van der Waals surface area contributed by atoms with Crippen LogP contribution in [-0.2, 0) is 29.0 Å². The second-order valence-corrected chi connectivity index (χ2v) is 9.24. The predicted octanol–water partition coefficient (Wildman–Crippen LogP) is 5.45. The number of aryl methyl sites for hydroxylation is 1. The molecule has 0 radical (unpaired) electrons. The van der Waals surface area contributed by atoms with Crippen LogP contribution >= 0.6 is 11.6 Å². The smallest absolute Gasteiger partial charge is 0.261 e. The monoisotopic (exact) mass is 492 g/mol. The third kappa shape index (κ3) is 8.15. The molecule has 3 rings (SSSR count). The van der Waals surface area contributed by atoms with Gasteiger partial charge in [0.1, 0.15) is 11.8 Å². The van der Waals surface area contributed by atoms with Crippen LogP contribution in [0.3, 0.4) is 0 Å². The molecule has 1 N–H and O–H groups in total. The number of nitrogens with zero attached hydrogens (tertiary/aromatic N) is 1. The Hall–Kier alpha value is -3.31. The fourth-order valence-electron chi connectivity index (χ4n) is 3.77. The van der Waals surface area contributed by atoms with E-state index in [1.165, 1.54) is 5.56 Å². The van der Waals surface area contributed by atoms with Crippen LogP contribution in [-0.4, -0.2) is 35.4 Å². The second-order valence-electron chi connectivity index (χ2n) is 8.80. The molecule has 0 saturated heterocycles. The Bertz CT molecular complexity index is 1080. The number of rotatable bonds is 11. The highest BCUT2D eigenvalue weighted by Gasteiger charge is 2.31. The lowest BCUT2D eigenvalue weighted by atomic mass is 10.0. The average Bonchev–Trinajstić information content (AvgIpc) is 2.86. The number of ether oxygens (including phenoxy) is 1. The number of hydrogen-bond acceptors (Lipinski definition) is 3. The van der Waals surface area contributed by atoms with E-state index in [9.17, 15) is 9.59 Å². The fraction of sp³-hybridized carbons (Fsp3) is 0.310. The Kier molecular flexibility index (Phi) is 9.74. The van der Waals surface area contributed by atoms with Crippen molar-refractivity contribution in [2.24, 2.45) is 0 Å². The molecule has 0 unspecified atom stereocenters. The van der Waals surface area contributed by atoms with Gasteiger partial charge in [-0.1, -0.05) is 73.1 Å². The Balaban J connectivity index is 1.87. The van der Waals surface area contributed by atoms with E-state index in [1.807, 2.05) is 80.6 Å². The fourth-order valence-corrected chi connectivity index (χ4v) is 3.90. The van der Waals surface area contributed by atoms with E-state index >= 15 is 0 Å². The van der Waals surface area contributed by atoms with Gasteiger partial charge in [-0.3, -0.25) is 9.59 Å². The summed E-state index contributed by atoms with van der Waals surface area (Å²) in [4.78, 5) is 28.5. The number of benzene rings is 3. The summed E-state index contributed by atoms with van der Waals surface area (Å²) >= 11 is 6.06. The molecule has 0 spiro atoms. The highest BCUT2D eigenvalue weighted by Crippen LogP contribution is 2.18. The summed E-state index contributed by atoms with van der Waals surface area (Å²) in [7, 11) is 0. The van der Waals surface area contributed by atoms with E-state index in [4.69, 9.17) is 16.3 Å². The van der Waals surface area contributed by atoms with Crippen LogP contribution < -0.4 is 10.1 Å². The van der Waals surface area contributed by atoms with Gasteiger partial charge in [-0.25, -0.2) is 0 Å². The molecule has 0 saturated carbocycles. The van der Waals surface area contributed by atoms with Gasteiger partial charge in [0.05, 0.1) is 0 Å². The molecular weight excluding hydrogens is 460 g/mol. The second kappa shape index (κ2) is 13.0. The zero-order valence-corrected chi connectivity index (χ0v) is 21.3. The SMILES string of the molecule is CCc1ccc(OCC(=O)N(Cc2ccc(Cl)cc2)[C@H](Cc2ccccc2)C(=O)NC(C)C)cc1. The number of nitrogens with one attached hydrogen (secondary N) is 1. The van der Waals surface area contributed by atoms with E-state index < -0.39 is 6.04 Å². The Morgan fingerprint density at radius 1 is 0.886 bits per heavy atom. The molecule has 0 fully saturated rings. The normalized spacial score (nSPS) is 11.7. The molecule has 3 aromatic carbocycles. The van der Waals surface area contributed by atoms with E-state index in [2.05, 4.69) is 12.2 Å². The molecule has 0 aliphatic rings. The highest BCUT2D eigenvalue weighted by atomic mass is 35.5. The zero-order valence-electron chi connectivity index (χ0n) is 20.5. The summed E-state index contributed by atoms with van der Waals surface area (Å²) in [5.74, 6) is 0.158. The quantitative estimate of drug-likeness (QED) is 0.387. The first-order chi connectivity index (χ1) is 16.9. The minimum Gasteiger partial charge on any atom is -0.484 e. The number of carbonyl (C=O) groups excluding carboxylic acids is 2. The van der Waals surface area contributed by atoms with Crippen molar-refractivity contribution in [2.75, 3.05) is 6.61 Å². The van der Waals surface area contributed by atoms with Crippen LogP contribution in [0, 0.1) is 0 Å². The van der Waals surface area contributed by atoms with Gasteiger partial charge in [0.15, 0.2) is 6.61 Å². The summed E-state index contributed by atoms with van der Waals surface area (Å²) in [5.41, 5.74) is 3.05. The topological polar surface area (TPSA) is 58.6 Å². The van der Waals surface area contributed by atoms with Gasteiger partial charge in [-0.05, 0) is 61.2 Å². The van der Waals surface area contributed by atoms with Crippen molar-refractivity contribution in [3.05, 3.63) is 101 Å². The van der Waals surface area contributed by atoms with Gasteiger partial charge in [0.2, 0.25) is 5.91 Å². The van der Waals surface area contributed by atoms with Crippen LogP contribution in [0.5, 0.6) is 5.75 Å². The summed E-state index contributed by atoms with van der Waals surface area (Å²) < 4.78 is 5.82. The van der Waals surface area contributed by atoms with Crippen LogP contribution in [0.25, 0.3) is 0 Å². The summed E-state index contributed by atoms with van der Waals surface area (Å²) in [5, 5.41) is 3.60. The van der Waals surface area contributed by atoms with E-state index in [1.54, 1.807) is 17.0 Å². The largest absolute Gasteiger partial charge is 0.484 e. The van der Waals surface area contributed by atoms with Crippen molar-refractivity contribution >= 4 is 23.4 Å². The maximum Gasteiger partial charge on any atom is 0.261 e. The number of hydrogen-bond donors (Lipinski definition) is 1. The van der Waals surface area contributed by atoms with Gasteiger partial charge >= 0.3 is 0 Å². The molecular formula is C29H33ClN2O3. The molecule has 3 aromatic rings. The van der Waals surface area contributed by atoms with Gasteiger partial charge < -0.3 is 15.0 Å². The van der Waals surface area contributed by atoms with Crippen molar-refractivity contribution in [1.29, 1.82) is 0 Å². The molecule has 0 bridgehead atoms. The molecule has 5 nitrogen and oxygen atoms in total. The molecule has 0 aliphatic heterocycles. The standard InChI is InChI=1S/C29H33ClN2O3/c1-4-22-12-16-26(17-13-22)35-20-28(33)32(19-24-10-14-25(30)15-11-24)27(29(34)31-21(2)3)18-23-8-6-5-7-9-23/h5-17,21,27H,4,18-20H2,1-3H3,(H,31,34)/t27-/m1/s1. The third-order valence-electron chi connectivity index (χ3n) is 5.66. The summed E-state index contributed by atoms with van der Waals surface area (Å²) in [6, 6.07) is 24.0. The van der Waals surface area contributed by atoms with Crippen LogP contribution in [0.15, 0.2) is 78.9 Å². The van der Waals surface area contributed by atoms with Gasteiger partial charge in [-0.15, -0.1) is 0 Å². The molecule has 35 heavy (non-hydrogen) atoms. The zero-order chi connectivity index (χ0) is 25.2. The minimum absolute atomic E-state index is 0.0541. The number of amides is 2. The van der Waals surface area contributed by atoms with Crippen LogP contribution in [0.4, 0.5) is 0 Å². The summed E-state index contributed by atoms with van der Waals surface area (Å²) in [6.07, 6.45) is 1.32. The van der Waals surface area contributed by atoms with Gasteiger partial charge in [-0.2, -0.15) is 0 Å². The van der Waals surface area contributed by atoms with Gasteiger partial charge in [0, 0.05) is 24.0 Å². The Morgan fingerprint density at radius 3 is 2.11 bits per heavy atom. The first-order valence-corrected chi connectivity index (χ1v) is 12.3. The van der Waals surface area contributed by atoms with Crippen molar-refractivity contribution in [1.82, 2.24) is 10.2 Å². The van der Waals surface area contributed by atoms with E-state index in [0.29, 0.717) is 17.2 Å². The molecule has 184 valence electrons. The van der Waals surface area contributed by atoms with Crippen molar-refractivity contribution in [2.45, 2.75) is 52.2 Å². The highest BCUT2D eigenvalue weighted by molar-refractivity contribution is 6.30. The number of halogens is 1. The maximum absolute atomic E-state index is 13.5. The number of carbonyl (C=O) groups is 2. The van der Waals surface area contributed by atoms with Gasteiger partial charge in [0.25, 0.3) is 5.91 Å². The van der Waals surface area contributed by atoms with Crippen molar-refractivity contribution in [3.63, 3.8) is 0 Å². The van der Waals surface area contributed by atoms with Crippen LogP contribution in [0.2, 0.25) is 5.02 Å². The lowest BCUT2D eigenvalue weighted by molar-refractivity contribution is -0.143. The molecule has 1 atom stereocenters. The molecule has 0 aromatic heterocycles. The minimum atomic E-state index is -0.700. The average molecular weight is 493 g/mol. The van der Waals surface area contributed by atoms with E-state index in [-0.39, 0.29) is 31.0 Å². The maximum atomic E-state index is 13.5. The lowest BCUT2D eigenvalue weighted by Crippen LogP contribution is -2.52. The molecule has 2 amide bonds. The molecule has 6 heteroatoms. The Morgan fingerprint density at radius 2 is 1.51 bits per heavy atom. The molecule has 0 aliphatic carbocycles. The van der Waals surface area contributed by atoms with E-state index in [0.717, 1.165) is 17.5 Å². The lowest BCUT2D eigenvalue weighted by Gasteiger charge is -2.32. The molecule has 0 heterocycles. The van der Waals surface area contributed by atoms with Crippen molar-refractivity contribution < 1.29 is 14.3 Å². The third-order valence-corrected chi connectivity index (χ3v) is 5.91. The Labute approximate surface area is 213 Å². The van der Waals surface area contributed by atoms with Crippen LogP contribution in [0.1, 0.15) is 37.5 Å².